The molecule has 0 radical (unpaired) electrons. The maximum absolute atomic E-state index is 13.8. The van der Waals surface area contributed by atoms with E-state index in [0.717, 1.165) is 42.1 Å². The lowest BCUT2D eigenvalue weighted by Gasteiger charge is -2.30. The molecule has 43 heavy (non-hydrogen) atoms. The van der Waals surface area contributed by atoms with Crippen molar-refractivity contribution in [2.24, 2.45) is 5.92 Å². The van der Waals surface area contributed by atoms with Crippen molar-refractivity contribution in [2.75, 3.05) is 53.6 Å². The number of hydrogen-bond donors (Lipinski definition) is 2. The summed E-state index contributed by atoms with van der Waals surface area (Å²) >= 11 is 0. The number of ether oxygens (including phenoxy) is 2. The van der Waals surface area contributed by atoms with Crippen molar-refractivity contribution in [1.29, 1.82) is 0 Å². The molecule has 0 bridgehead atoms. The van der Waals surface area contributed by atoms with Gasteiger partial charge in [-0.2, -0.15) is 0 Å². The van der Waals surface area contributed by atoms with E-state index < -0.39 is 17.9 Å². The number of carboxylic acids is 1. The number of carboxylic acid groups (broad SMARTS) is 1. The van der Waals surface area contributed by atoms with E-state index >= 15 is 0 Å². The summed E-state index contributed by atoms with van der Waals surface area (Å²) in [7, 11) is 4.06. The van der Waals surface area contributed by atoms with Gasteiger partial charge in [-0.1, -0.05) is 37.6 Å². The minimum atomic E-state index is -0.890. The second kappa shape index (κ2) is 13.7. The van der Waals surface area contributed by atoms with Gasteiger partial charge >= 0.3 is 5.97 Å². The molecule has 0 spiro atoms. The minimum Gasteiger partial charge on any atom is -0.494 e. The highest BCUT2D eigenvalue weighted by molar-refractivity contribution is 5.87. The molecule has 0 unspecified atom stereocenters. The summed E-state index contributed by atoms with van der Waals surface area (Å²) < 4.78 is 12.9. The van der Waals surface area contributed by atoms with Crippen LogP contribution in [0.25, 0.3) is 10.8 Å². The number of carbonyl (C=O) groups excluding carboxylic acids is 1. The average Bonchev–Trinajstić information content (AvgIpc) is 3.68. The zero-order valence-electron chi connectivity index (χ0n) is 25.4. The van der Waals surface area contributed by atoms with Crippen LogP contribution in [0.1, 0.15) is 44.1 Å². The summed E-state index contributed by atoms with van der Waals surface area (Å²) in [4.78, 5) is 32.8. The van der Waals surface area contributed by atoms with Crippen LogP contribution in [0.15, 0.2) is 48.7 Å². The predicted molar refractivity (Wildman–Crippen MR) is 165 cm³/mol. The van der Waals surface area contributed by atoms with E-state index in [4.69, 9.17) is 9.47 Å². The summed E-state index contributed by atoms with van der Waals surface area (Å²) in [6.45, 7) is 5.54. The second-order valence-corrected chi connectivity index (χ2v) is 12.0. The van der Waals surface area contributed by atoms with Gasteiger partial charge in [-0.25, -0.2) is 0 Å². The summed E-state index contributed by atoms with van der Waals surface area (Å²) in [5.41, 5.74) is 0.861. The molecule has 3 aromatic rings. The predicted octanol–water partition coefficient (Wildman–Crippen LogP) is 4.21. The Kier molecular flexibility index (Phi) is 9.77. The first kappa shape index (κ1) is 30.7. The SMILES string of the molecule is CCCCN(CCCN(C)C)C(=O)CN1C[C@H](c2ccc3c(c2)OCO3)[C@@H](C(=O)O)[C@@H]1CCn1cc2ccccc2c1O. The van der Waals surface area contributed by atoms with Gasteiger partial charge in [0.25, 0.3) is 0 Å². The van der Waals surface area contributed by atoms with Crippen LogP contribution < -0.4 is 9.47 Å². The van der Waals surface area contributed by atoms with E-state index in [-0.39, 0.29) is 31.0 Å². The third-order valence-electron chi connectivity index (χ3n) is 8.80. The molecule has 5 rings (SSSR count). The Labute approximate surface area is 253 Å². The highest BCUT2D eigenvalue weighted by Crippen LogP contribution is 2.43. The van der Waals surface area contributed by atoms with Crippen molar-refractivity contribution >= 4 is 22.6 Å². The van der Waals surface area contributed by atoms with Crippen molar-refractivity contribution in [3.05, 3.63) is 54.2 Å². The van der Waals surface area contributed by atoms with Gasteiger partial charge in [0.2, 0.25) is 12.7 Å². The molecule has 0 saturated carbocycles. The molecule has 1 aromatic heterocycles. The smallest absolute Gasteiger partial charge is 0.308 e. The fraction of sp³-hybridized carbons (Fsp3) is 0.515. The summed E-state index contributed by atoms with van der Waals surface area (Å²) in [5, 5.41) is 23.2. The molecule has 10 nitrogen and oxygen atoms in total. The molecule has 3 atom stereocenters. The average molecular weight is 593 g/mol. The zero-order chi connectivity index (χ0) is 30.5. The van der Waals surface area contributed by atoms with Gasteiger partial charge in [0.05, 0.1) is 12.5 Å². The molecular formula is C33H44N4O6. The number of benzene rings is 2. The van der Waals surface area contributed by atoms with E-state index in [1.165, 1.54) is 0 Å². The normalized spacial score (nSPS) is 19.9. The quantitative estimate of drug-likeness (QED) is 0.287. The van der Waals surface area contributed by atoms with Crippen molar-refractivity contribution in [3.8, 4) is 17.4 Å². The topological polar surface area (TPSA) is 108 Å². The Balaban J connectivity index is 1.41. The van der Waals surface area contributed by atoms with Crippen LogP contribution in [0.3, 0.4) is 0 Å². The standard InChI is InChI=1S/C33H44N4O6/c1-4-5-15-35(16-8-14-34(2)3)30(38)21-37-20-26(23-11-12-28-29(18-23)43-22-42-28)31(33(40)41)27(37)13-17-36-19-24-9-6-7-10-25(24)32(36)39/h6-7,9-12,18-19,26-27,31,39H,4-5,8,13-17,20-22H2,1-3H3,(H,40,41)/t26-,27+,31-/m1/s1. The lowest BCUT2D eigenvalue weighted by Crippen LogP contribution is -2.45. The van der Waals surface area contributed by atoms with E-state index in [9.17, 15) is 19.8 Å². The first-order chi connectivity index (χ1) is 20.8. The maximum Gasteiger partial charge on any atom is 0.308 e. The molecule has 2 N–H and O–H groups in total. The number of aromatic hydroxyl groups is 1. The van der Waals surface area contributed by atoms with Crippen molar-refractivity contribution < 1.29 is 29.3 Å². The number of likely N-dealkylation sites (tertiary alicyclic amines) is 1. The number of carbonyl (C=O) groups is 2. The highest BCUT2D eigenvalue weighted by atomic mass is 16.7. The first-order valence-electron chi connectivity index (χ1n) is 15.3. The number of fused-ring (bicyclic) bond motifs is 2. The van der Waals surface area contributed by atoms with Crippen LogP contribution in [0.4, 0.5) is 0 Å². The number of aliphatic carboxylic acids is 1. The van der Waals surface area contributed by atoms with Crippen LogP contribution in [-0.2, 0) is 16.1 Å². The lowest BCUT2D eigenvalue weighted by molar-refractivity contribution is -0.144. The Morgan fingerprint density at radius 3 is 2.53 bits per heavy atom. The van der Waals surface area contributed by atoms with E-state index in [1.807, 2.05) is 67.7 Å². The van der Waals surface area contributed by atoms with Gasteiger partial charge in [0.15, 0.2) is 17.4 Å². The fourth-order valence-corrected chi connectivity index (χ4v) is 6.53. The van der Waals surface area contributed by atoms with Crippen molar-refractivity contribution in [2.45, 2.75) is 51.1 Å². The van der Waals surface area contributed by atoms with Crippen LogP contribution in [0, 0.1) is 5.92 Å². The molecule has 10 heteroatoms. The van der Waals surface area contributed by atoms with E-state index in [2.05, 4.69) is 16.7 Å². The first-order valence-corrected chi connectivity index (χ1v) is 15.3. The fourth-order valence-electron chi connectivity index (χ4n) is 6.53. The summed E-state index contributed by atoms with van der Waals surface area (Å²) in [6.07, 6.45) is 5.16. The summed E-state index contributed by atoms with van der Waals surface area (Å²) in [5.74, 6) is -0.499. The molecule has 3 heterocycles. The van der Waals surface area contributed by atoms with Crippen LogP contribution >= 0.6 is 0 Å². The number of aryl methyl sites for hydroxylation is 1. The molecule has 0 aliphatic carbocycles. The van der Waals surface area contributed by atoms with Crippen LogP contribution in [0.5, 0.6) is 17.4 Å². The Morgan fingerprint density at radius 2 is 1.79 bits per heavy atom. The van der Waals surface area contributed by atoms with Gasteiger partial charge in [0.1, 0.15) is 0 Å². The third kappa shape index (κ3) is 6.91. The van der Waals surface area contributed by atoms with Crippen molar-refractivity contribution in [1.82, 2.24) is 19.3 Å². The Hall–Kier alpha value is -3.76. The zero-order valence-corrected chi connectivity index (χ0v) is 25.4. The lowest BCUT2D eigenvalue weighted by atomic mass is 9.84. The minimum absolute atomic E-state index is 0.0298. The van der Waals surface area contributed by atoms with Crippen LogP contribution in [0.2, 0.25) is 0 Å². The number of hydrogen-bond acceptors (Lipinski definition) is 7. The molecule has 2 aromatic carbocycles. The van der Waals surface area contributed by atoms with Gasteiger partial charge < -0.3 is 34.1 Å². The molecular weight excluding hydrogens is 548 g/mol. The number of nitrogens with zero attached hydrogens (tertiary/aromatic N) is 4. The van der Waals surface area contributed by atoms with Crippen molar-refractivity contribution in [3.63, 3.8) is 0 Å². The number of rotatable bonds is 14. The van der Waals surface area contributed by atoms with Crippen LogP contribution in [-0.4, -0.2) is 101 Å². The number of aromatic nitrogens is 1. The summed E-state index contributed by atoms with van der Waals surface area (Å²) in [6, 6.07) is 12.9. The number of unbranched alkanes of at least 4 members (excludes halogenated alkanes) is 1. The maximum atomic E-state index is 13.8. The number of amides is 1. The van der Waals surface area contributed by atoms with Gasteiger partial charge in [-0.15, -0.1) is 0 Å². The Morgan fingerprint density at radius 1 is 1.02 bits per heavy atom. The highest BCUT2D eigenvalue weighted by Gasteiger charge is 2.47. The van der Waals surface area contributed by atoms with Gasteiger partial charge in [0, 0.05) is 55.1 Å². The molecule has 2 aliphatic heterocycles. The molecule has 1 fully saturated rings. The largest absolute Gasteiger partial charge is 0.494 e. The molecule has 1 saturated heterocycles. The van der Waals surface area contributed by atoms with E-state index in [1.54, 1.807) is 4.57 Å². The van der Waals surface area contributed by atoms with Gasteiger partial charge in [-0.05, 0) is 63.7 Å². The third-order valence-corrected chi connectivity index (χ3v) is 8.80. The van der Waals surface area contributed by atoms with E-state index in [0.29, 0.717) is 44.1 Å². The van der Waals surface area contributed by atoms with Gasteiger partial charge in [-0.3, -0.25) is 14.5 Å². The Bertz CT molecular complexity index is 1420. The second-order valence-electron chi connectivity index (χ2n) is 12.0. The molecule has 2 aliphatic rings. The monoisotopic (exact) mass is 592 g/mol. The molecule has 232 valence electrons. The molecule has 1 amide bonds.